The summed E-state index contributed by atoms with van der Waals surface area (Å²) >= 11 is 0. The largest absolute Gasteiger partial charge is 0.294 e. The predicted octanol–water partition coefficient (Wildman–Crippen LogP) is 3.40. The minimum absolute atomic E-state index is 0.152. The minimum Gasteiger partial charge on any atom is -0.294 e. The van der Waals surface area contributed by atoms with Crippen LogP contribution < -0.4 is 0 Å². The first kappa shape index (κ1) is 11.3. The molecular formula is C14H19NO. The third-order valence-electron chi connectivity index (χ3n) is 3.88. The summed E-state index contributed by atoms with van der Waals surface area (Å²) in [5.41, 5.74) is 2.00. The summed E-state index contributed by atoms with van der Waals surface area (Å²) in [5.74, 6) is 0.462. The first-order valence-electron chi connectivity index (χ1n) is 5.97. The quantitative estimate of drug-likeness (QED) is 0.711. The lowest BCUT2D eigenvalue weighted by atomic mass is 9.77. The smallest absolute Gasteiger partial charge is 0.168 e. The van der Waals surface area contributed by atoms with Crippen molar-refractivity contribution in [3.05, 3.63) is 29.6 Å². The zero-order valence-electron chi connectivity index (χ0n) is 10.3. The predicted molar refractivity (Wildman–Crippen MR) is 64.4 cm³/mol. The van der Waals surface area contributed by atoms with E-state index in [9.17, 15) is 4.79 Å². The van der Waals surface area contributed by atoms with Crippen LogP contribution in [0.5, 0.6) is 0 Å². The van der Waals surface area contributed by atoms with Gasteiger partial charge in [0.25, 0.3) is 0 Å². The molecule has 2 heteroatoms. The molecule has 1 aliphatic rings. The minimum atomic E-state index is 0.152. The molecule has 0 aromatic carbocycles. The Morgan fingerprint density at radius 2 is 2.25 bits per heavy atom. The van der Waals surface area contributed by atoms with Crippen molar-refractivity contribution in [2.45, 2.75) is 40.0 Å². The Kier molecular flexibility index (Phi) is 2.83. The monoisotopic (exact) mass is 217 g/mol. The first-order chi connectivity index (χ1) is 7.52. The highest BCUT2D eigenvalue weighted by Crippen LogP contribution is 2.44. The van der Waals surface area contributed by atoms with Crippen molar-refractivity contribution < 1.29 is 4.79 Å². The fourth-order valence-corrected chi connectivity index (χ4v) is 2.72. The van der Waals surface area contributed by atoms with E-state index >= 15 is 0 Å². The van der Waals surface area contributed by atoms with E-state index in [1.165, 1.54) is 6.42 Å². The zero-order valence-corrected chi connectivity index (χ0v) is 10.3. The SMILES string of the molecule is Cc1ccncc1C(=O)C1CCCC1(C)C. The van der Waals surface area contributed by atoms with Crippen LogP contribution in [-0.2, 0) is 0 Å². The number of nitrogens with zero attached hydrogens (tertiary/aromatic N) is 1. The number of hydrogen-bond acceptors (Lipinski definition) is 2. The van der Waals surface area contributed by atoms with Crippen molar-refractivity contribution >= 4 is 5.78 Å². The first-order valence-corrected chi connectivity index (χ1v) is 5.97. The number of ketones is 1. The van der Waals surface area contributed by atoms with E-state index in [0.29, 0.717) is 0 Å². The maximum absolute atomic E-state index is 12.4. The molecule has 0 spiro atoms. The van der Waals surface area contributed by atoms with Crippen LogP contribution in [0, 0.1) is 18.3 Å². The van der Waals surface area contributed by atoms with Crippen LogP contribution in [0.4, 0.5) is 0 Å². The van der Waals surface area contributed by atoms with E-state index in [2.05, 4.69) is 18.8 Å². The number of Topliss-reactive ketones (excluding diaryl/α,β-unsaturated/α-hetero) is 1. The van der Waals surface area contributed by atoms with E-state index in [1.807, 2.05) is 13.0 Å². The summed E-state index contributed by atoms with van der Waals surface area (Å²) < 4.78 is 0. The Hall–Kier alpha value is -1.18. The van der Waals surface area contributed by atoms with Gasteiger partial charge in [0.05, 0.1) is 0 Å². The molecular weight excluding hydrogens is 198 g/mol. The number of carbonyl (C=O) groups is 1. The maximum Gasteiger partial charge on any atom is 0.168 e. The second-order valence-electron chi connectivity index (χ2n) is 5.49. The van der Waals surface area contributed by atoms with Gasteiger partial charge in [-0.1, -0.05) is 20.3 Å². The lowest BCUT2D eigenvalue weighted by Gasteiger charge is -2.26. The summed E-state index contributed by atoms with van der Waals surface area (Å²) in [6.07, 6.45) is 6.81. The third kappa shape index (κ3) is 1.89. The molecule has 0 aliphatic heterocycles. The molecule has 0 saturated heterocycles. The average molecular weight is 217 g/mol. The van der Waals surface area contributed by atoms with Gasteiger partial charge in [-0.15, -0.1) is 0 Å². The van der Waals surface area contributed by atoms with Gasteiger partial charge >= 0.3 is 0 Å². The van der Waals surface area contributed by atoms with Crippen LogP contribution >= 0.6 is 0 Å². The molecule has 16 heavy (non-hydrogen) atoms. The third-order valence-corrected chi connectivity index (χ3v) is 3.88. The van der Waals surface area contributed by atoms with Crippen molar-refractivity contribution in [1.29, 1.82) is 0 Å². The molecule has 1 aliphatic carbocycles. The van der Waals surface area contributed by atoms with Crippen LogP contribution in [-0.4, -0.2) is 10.8 Å². The lowest BCUT2D eigenvalue weighted by molar-refractivity contribution is 0.0838. The molecule has 1 aromatic rings. The van der Waals surface area contributed by atoms with E-state index in [1.54, 1.807) is 12.4 Å². The highest BCUT2D eigenvalue weighted by atomic mass is 16.1. The molecule has 1 heterocycles. The van der Waals surface area contributed by atoms with E-state index in [-0.39, 0.29) is 17.1 Å². The van der Waals surface area contributed by atoms with Crippen molar-refractivity contribution in [1.82, 2.24) is 4.98 Å². The van der Waals surface area contributed by atoms with Gasteiger partial charge in [0.15, 0.2) is 5.78 Å². The normalized spacial score (nSPS) is 23.3. The van der Waals surface area contributed by atoms with Crippen molar-refractivity contribution in [3.63, 3.8) is 0 Å². The van der Waals surface area contributed by atoms with Crippen molar-refractivity contribution in [2.75, 3.05) is 0 Å². The summed E-state index contributed by atoms with van der Waals surface area (Å²) in [7, 11) is 0. The van der Waals surface area contributed by atoms with E-state index in [4.69, 9.17) is 0 Å². The standard InChI is InChI=1S/C14H19NO/c1-10-6-8-15-9-11(10)13(16)12-5-4-7-14(12,2)3/h6,8-9,12H,4-5,7H2,1-3H3. The summed E-state index contributed by atoms with van der Waals surface area (Å²) in [6.45, 7) is 6.39. The number of hydrogen-bond donors (Lipinski definition) is 0. The summed E-state index contributed by atoms with van der Waals surface area (Å²) in [5, 5.41) is 0. The van der Waals surface area contributed by atoms with Gasteiger partial charge in [-0.25, -0.2) is 0 Å². The van der Waals surface area contributed by atoms with Crippen LogP contribution in [0.1, 0.15) is 49.0 Å². The van der Waals surface area contributed by atoms with Crippen molar-refractivity contribution in [2.24, 2.45) is 11.3 Å². The molecule has 1 aromatic heterocycles. The number of aryl methyl sites for hydroxylation is 1. The van der Waals surface area contributed by atoms with E-state index in [0.717, 1.165) is 24.0 Å². The van der Waals surface area contributed by atoms with Crippen LogP contribution in [0.25, 0.3) is 0 Å². The molecule has 0 N–H and O–H groups in total. The van der Waals surface area contributed by atoms with Crippen LogP contribution in [0.15, 0.2) is 18.5 Å². The lowest BCUT2D eigenvalue weighted by Crippen LogP contribution is -2.26. The fraction of sp³-hybridized carbons (Fsp3) is 0.571. The summed E-state index contributed by atoms with van der Waals surface area (Å²) in [4.78, 5) is 16.5. The molecule has 86 valence electrons. The maximum atomic E-state index is 12.4. The second-order valence-corrected chi connectivity index (χ2v) is 5.49. The Bertz CT molecular complexity index is 409. The van der Waals surface area contributed by atoms with Crippen LogP contribution in [0.2, 0.25) is 0 Å². The fourth-order valence-electron chi connectivity index (χ4n) is 2.72. The molecule has 0 amide bonds. The average Bonchev–Trinajstić information content (AvgIpc) is 2.58. The molecule has 2 rings (SSSR count). The topological polar surface area (TPSA) is 30.0 Å². The highest BCUT2D eigenvalue weighted by Gasteiger charge is 2.39. The molecule has 0 radical (unpaired) electrons. The van der Waals surface area contributed by atoms with Crippen LogP contribution in [0.3, 0.4) is 0 Å². The number of rotatable bonds is 2. The number of carbonyl (C=O) groups excluding carboxylic acids is 1. The Morgan fingerprint density at radius 3 is 2.81 bits per heavy atom. The molecule has 1 atom stereocenters. The number of aromatic nitrogens is 1. The Balaban J connectivity index is 2.30. The molecule has 1 unspecified atom stereocenters. The Morgan fingerprint density at radius 1 is 1.50 bits per heavy atom. The van der Waals surface area contributed by atoms with Gasteiger partial charge in [0, 0.05) is 23.9 Å². The van der Waals surface area contributed by atoms with Gasteiger partial charge in [-0.2, -0.15) is 0 Å². The Labute approximate surface area is 97.1 Å². The van der Waals surface area contributed by atoms with Gasteiger partial charge in [0.1, 0.15) is 0 Å². The molecule has 1 saturated carbocycles. The van der Waals surface area contributed by atoms with Crippen molar-refractivity contribution in [3.8, 4) is 0 Å². The summed E-state index contributed by atoms with van der Waals surface area (Å²) in [6, 6.07) is 1.91. The molecule has 2 nitrogen and oxygen atoms in total. The van der Waals surface area contributed by atoms with Gasteiger partial charge < -0.3 is 0 Å². The highest BCUT2D eigenvalue weighted by molar-refractivity contribution is 5.99. The van der Waals surface area contributed by atoms with Gasteiger partial charge in [-0.05, 0) is 36.8 Å². The second kappa shape index (κ2) is 4.00. The zero-order chi connectivity index (χ0) is 11.8. The van der Waals surface area contributed by atoms with E-state index < -0.39 is 0 Å². The number of pyridine rings is 1. The van der Waals surface area contributed by atoms with Gasteiger partial charge in [-0.3, -0.25) is 9.78 Å². The van der Waals surface area contributed by atoms with Gasteiger partial charge in [0.2, 0.25) is 0 Å². The molecule has 0 bridgehead atoms. The molecule has 1 fully saturated rings.